The molecule has 10 heteroatoms. The number of fused-ring (bicyclic) bond motifs is 1. The number of nitrogens with zero attached hydrogens (tertiary/aromatic N) is 4. The first-order chi connectivity index (χ1) is 12.4. The van der Waals surface area contributed by atoms with Crippen LogP contribution in [0.4, 0.5) is 5.95 Å². The lowest BCUT2D eigenvalue weighted by Crippen LogP contribution is -2.39. The molecular formula is C16H25N5O5. The zero-order chi connectivity index (χ0) is 18.8. The van der Waals surface area contributed by atoms with Gasteiger partial charge in [-0.15, -0.1) is 0 Å². The molecule has 10 nitrogen and oxygen atoms in total. The van der Waals surface area contributed by atoms with Crippen LogP contribution in [0.3, 0.4) is 0 Å². The number of ether oxygens (including phenoxy) is 2. The third-order valence-corrected chi connectivity index (χ3v) is 4.30. The number of hydrogen-bond donors (Lipinski definition) is 2. The van der Waals surface area contributed by atoms with Crippen molar-refractivity contribution in [3.05, 3.63) is 20.8 Å². The molecule has 3 heterocycles. The molecule has 144 valence electrons. The van der Waals surface area contributed by atoms with Gasteiger partial charge in [-0.2, -0.15) is 4.98 Å². The predicted octanol–water partition coefficient (Wildman–Crippen LogP) is -0.954. The van der Waals surface area contributed by atoms with E-state index in [1.165, 1.54) is 4.57 Å². The average Bonchev–Trinajstić information content (AvgIpc) is 2.98. The number of aromatic nitrogens is 4. The highest BCUT2D eigenvalue weighted by atomic mass is 16.5. The number of morpholine rings is 1. The minimum Gasteiger partial charge on any atom is -0.389 e. The minimum absolute atomic E-state index is 0.00730. The summed E-state index contributed by atoms with van der Waals surface area (Å²) >= 11 is 0. The zero-order valence-electron chi connectivity index (χ0n) is 15.3. The smallest absolute Gasteiger partial charge is 0.329 e. The topological polar surface area (TPSA) is 115 Å². The Morgan fingerprint density at radius 3 is 2.65 bits per heavy atom. The maximum atomic E-state index is 12.4. The van der Waals surface area contributed by atoms with Crippen molar-refractivity contribution < 1.29 is 14.6 Å². The summed E-state index contributed by atoms with van der Waals surface area (Å²) in [6, 6.07) is 0. The molecule has 1 atom stereocenters. The fourth-order valence-electron chi connectivity index (χ4n) is 2.97. The van der Waals surface area contributed by atoms with Gasteiger partial charge in [0.25, 0.3) is 5.56 Å². The van der Waals surface area contributed by atoms with Gasteiger partial charge in [0.05, 0.1) is 38.6 Å². The van der Waals surface area contributed by atoms with Crippen molar-refractivity contribution in [1.29, 1.82) is 0 Å². The molecule has 3 rings (SSSR count). The molecule has 0 unspecified atom stereocenters. The number of aromatic amines is 1. The highest BCUT2D eigenvalue weighted by Crippen LogP contribution is 2.21. The van der Waals surface area contributed by atoms with Crippen molar-refractivity contribution >= 4 is 17.1 Å². The molecule has 0 aromatic carbocycles. The third-order valence-electron chi connectivity index (χ3n) is 4.30. The van der Waals surface area contributed by atoms with Gasteiger partial charge < -0.3 is 24.0 Å². The molecule has 0 radical (unpaired) electrons. The van der Waals surface area contributed by atoms with Crippen molar-refractivity contribution in [2.45, 2.75) is 32.6 Å². The van der Waals surface area contributed by atoms with Crippen molar-refractivity contribution in [3.63, 3.8) is 0 Å². The highest BCUT2D eigenvalue weighted by molar-refractivity contribution is 5.74. The molecule has 1 aliphatic rings. The van der Waals surface area contributed by atoms with E-state index in [4.69, 9.17) is 9.47 Å². The van der Waals surface area contributed by atoms with Gasteiger partial charge in [0.15, 0.2) is 11.2 Å². The van der Waals surface area contributed by atoms with E-state index in [9.17, 15) is 14.7 Å². The second-order valence-corrected chi connectivity index (χ2v) is 6.65. The molecule has 1 aliphatic heterocycles. The number of rotatable bonds is 6. The lowest BCUT2D eigenvalue weighted by Gasteiger charge is -2.28. The first-order valence-corrected chi connectivity index (χ1v) is 8.70. The van der Waals surface area contributed by atoms with Crippen LogP contribution in [-0.4, -0.2) is 69.3 Å². The normalized spacial score (nSPS) is 16.6. The van der Waals surface area contributed by atoms with E-state index in [0.717, 1.165) is 0 Å². The first-order valence-electron chi connectivity index (χ1n) is 8.70. The molecule has 2 aromatic heterocycles. The van der Waals surface area contributed by atoms with Crippen molar-refractivity contribution in [2.75, 3.05) is 37.8 Å². The van der Waals surface area contributed by atoms with Crippen molar-refractivity contribution in [2.24, 2.45) is 7.05 Å². The molecule has 26 heavy (non-hydrogen) atoms. The van der Waals surface area contributed by atoms with Crippen LogP contribution < -0.4 is 16.1 Å². The third kappa shape index (κ3) is 3.67. The van der Waals surface area contributed by atoms with Gasteiger partial charge in [0.1, 0.15) is 0 Å². The summed E-state index contributed by atoms with van der Waals surface area (Å²) in [6.45, 7) is 6.40. The molecule has 0 spiro atoms. The Morgan fingerprint density at radius 1 is 1.31 bits per heavy atom. The van der Waals surface area contributed by atoms with Crippen LogP contribution in [0, 0.1) is 0 Å². The summed E-state index contributed by atoms with van der Waals surface area (Å²) < 4.78 is 13.8. The first kappa shape index (κ1) is 18.6. The zero-order valence-corrected chi connectivity index (χ0v) is 15.3. The number of H-pyrrole nitrogens is 1. The van der Waals surface area contributed by atoms with Gasteiger partial charge in [0, 0.05) is 20.1 Å². The molecule has 2 aromatic rings. The number of aryl methyl sites for hydroxylation is 1. The largest absolute Gasteiger partial charge is 0.389 e. The molecular weight excluding hydrogens is 342 g/mol. The molecule has 0 amide bonds. The van der Waals surface area contributed by atoms with Crippen LogP contribution in [0.2, 0.25) is 0 Å². The van der Waals surface area contributed by atoms with Crippen LogP contribution in [0.25, 0.3) is 11.2 Å². The van der Waals surface area contributed by atoms with Gasteiger partial charge in [-0.05, 0) is 13.8 Å². The molecule has 1 fully saturated rings. The number of anilines is 1. The van der Waals surface area contributed by atoms with Crippen LogP contribution in [-0.2, 0) is 23.1 Å². The summed E-state index contributed by atoms with van der Waals surface area (Å²) in [6.07, 6.45) is -0.821. The Morgan fingerprint density at radius 2 is 2.00 bits per heavy atom. The van der Waals surface area contributed by atoms with Crippen LogP contribution in [0.15, 0.2) is 9.59 Å². The highest BCUT2D eigenvalue weighted by Gasteiger charge is 2.24. The Hall–Kier alpha value is -2.17. The van der Waals surface area contributed by atoms with Crippen molar-refractivity contribution in [1.82, 2.24) is 19.1 Å². The molecule has 0 aliphatic carbocycles. The van der Waals surface area contributed by atoms with E-state index in [1.807, 2.05) is 18.7 Å². The summed E-state index contributed by atoms with van der Waals surface area (Å²) in [5.41, 5.74) is -0.495. The Bertz CT molecular complexity index is 878. The van der Waals surface area contributed by atoms with E-state index in [2.05, 4.69) is 9.97 Å². The minimum atomic E-state index is -0.814. The second-order valence-electron chi connectivity index (χ2n) is 6.65. The Labute approximate surface area is 150 Å². The number of hydrogen-bond acceptors (Lipinski definition) is 7. The van der Waals surface area contributed by atoms with E-state index in [1.54, 1.807) is 11.6 Å². The van der Waals surface area contributed by atoms with Gasteiger partial charge in [-0.25, -0.2) is 4.79 Å². The van der Waals surface area contributed by atoms with Crippen molar-refractivity contribution in [3.8, 4) is 0 Å². The summed E-state index contributed by atoms with van der Waals surface area (Å²) in [7, 11) is 1.55. The molecule has 0 saturated carbocycles. The van der Waals surface area contributed by atoms with E-state index < -0.39 is 17.4 Å². The Balaban J connectivity index is 2.06. The summed E-state index contributed by atoms with van der Waals surface area (Å²) in [4.78, 5) is 33.2. The lowest BCUT2D eigenvalue weighted by molar-refractivity contribution is -0.000243. The number of imidazole rings is 1. The van der Waals surface area contributed by atoms with Gasteiger partial charge in [0.2, 0.25) is 5.95 Å². The maximum Gasteiger partial charge on any atom is 0.329 e. The standard InChI is InChI=1S/C16H25N5O5/c1-10(2)26-9-11(22)8-21-12-13(19(3)16(24)18-14(12)23)17-15(21)20-4-6-25-7-5-20/h10-11,22H,4-9H2,1-3H3,(H,18,23,24)/t11-/m0/s1. The van der Waals surface area contributed by atoms with Gasteiger partial charge in [-0.3, -0.25) is 14.3 Å². The van der Waals surface area contributed by atoms with Crippen LogP contribution >= 0.6 is 0 Å². The predicted molar refractivity (Wildman–Crippen MR) is 95.7 cm³/mol. The van der Waals surface area contributed by atoms with E-state index in [0.29, 0.717) is 32.3 Å². The second kappa shape index (κ2) is 7.60. The van der Waals surface area contributed by atoms with Gasteiger partial charge in [-0.1, -0.05) is 0 Å². The Kier molecular flexibility index (Phi) is 5.44. The maximum absolute atomic E-state index is 12.4. The quantitative estimate of drug-likeness (QED) is 0.676. The molecule has 0 bridgehead atoms. The fourth-order valence-corrected chi connectivity index (χ4v) is 2.97. The van der Waals surface area contributed by atoms with E-state index in [-0.39, 0.29) is 30.4 Å². The SMILES string of the molecule is CC(C)OC[C@@H](O)Cn1c(N2CCOCC2)nc2c1c(=O)[nH]c(=O)n2C. The monoisotopic (exact) mass is 367 g/mol. The summed E-state index contributed by atoms with van der Waals surface area (Å²) in [5.74, 6) is 0.540. The molecule has 2 N–H and O–H groups in total. The van der Waals surface area contributed by atoms with Crippen LogP contribution in [0.5, 0.6) is 0 Å². The fraction of sp³-hybridized carbons (Fsp3) is 0.688. The number of aliphatic hydroxyl groups excluding tert-OH is 1. The lowest BCUT2D eigenvalue weighted by atomic mass is 10.3. The van der Waals surface area contributed by atoms with Crippen LogP contribution in [0.1, 0.15) is 13.8 Å². The van der Waals surface area contributed by atoms with Gasteiger partial charge >= 0.3 is 5.69 Å². The molecule has 1 saturated heterocycles. The number of aliphatic hydroxyl groups is 1. The number of nitrogens with one attached hydrogen (secondary N) is 1. The average molecular weight is 367 g/mol. The summed E-state index contributed by atoms with van der Waals surface area (Å²) in [5, 5.41) is 10.4. The van der Waals surface area contributed by atoms with E-state index >= 15 is 0 Å².